The SMILES string of the molecule is FC(F)(F)c1cc(Cl)cc(-c2ccccc2)c1Cl. The van der Waals surface area contributed by atoms with Crippen LogP contribution in [0, 0.1) is 0 Å². The Kier molecular flexibility index (Phi) is 3.55. The maximum Gasteiger partial charge on any atom is 0.417 e. The van der Waals surface area contributed by atoms with Gasteiger partial charge in [0.1, 0.15) is 0 Å². The highest BCUT2D eigenvalue weighted by molar-refractivity contribution is 6.36. The Morgan fingerprint density at radius 3 is 2.06 bits per heavy atom. The predicted molar refractivity (Wildman–Crippen MR) is 66.9 cm³/mol. The van der Waals surface area contributed by atoms with Gasteiger partial charge in [0.15, 0.2) is 0 Å². The van der Waals surface area contributed by atoms with Crippen molar-refractivity contribution in [3.05, 3.63) is 58.1 Å². The zero-order chi connectivity index (χ0) is 13.3. The monoisotopic (exact) mass is 290 g/mol. The van der Waals surface area contributed by atoms with E-state index in [9.17, 15) is 13.2 Å². The van der Waals surface area contributed by atoms with Crippen molar-refractivity contribution in [2.45, 2.75) is 6.18 Å². The third-order valence-corrected chi connectivity index (χ3v) is 3.05. The summed E-state index contributed by atoms with van der Waals surface area (Å²) in [5.41, 5.74) is -0.0527. The first-order valence-electron chi connectivity index (χ1n) is 5.01. The lowest BCUT2D eigenvalue weighted by atomic mass is 10.0. The fourth-order valence-corrected chi connectivity index (χ4v) is 2.17. The lowest BCUT2D eigenvalue weighted by Gasteiger charge is -2.13. The molecule has 0 heterocycles. The van der Waals surface area contributed by atoms with Crippen LogP contribution in [-0.2, 0) is 6.18 Å². The van der Waals surface area contributed by atoms with Gasteiger partial charge in [-0.15, -0.1) is 0 Å². The highest BCUT2D eigenvalue weighted by Crippen LogP contribution is 2.41. The van der Waals surface area contributed by atoms with Gasteiger partial charge in [0, 0.05) is 10.6 Å². The fraction of sp³-hybridized carbons (Fsp3) is 0.0769. The molecule has 0 spiro atoms. The number of hydrogen-bond donors (Lipinski definition) is 0. The van der Waals surface area contributed by atoms with E-state index >= 15 is 0 Å². The van der Waals surface area contributed by atoms with Crippen LogP contribution in [0.3, 0.4) is 0 Å². The minimum absolute atomic E-state index is 0.00516. The van der Waals surface area contributed by atoms with E-state index in [1.165, 1.54) is 6.07 Å². The molecule has 2 rings (SSSR count). The van der Waals surface area contributed by atoms with Crippen LogP contribution in [-0.4, -0.2) is 0 Å². The van der Waals surface area contributed by atoms with Crippen LogP contribution in [0.4, 0.5) is 13.2 Å². The standard InChI is InChI=1S/C13H7Cl2F3/c14-9-6-10(8-4-2-1-3-5-8)12(15)11(7-9)13(16,17)18/h1-7H. The van der Waals surface area contributed by atoms with Crippen molar-refractivity contribution in [2.24, 2.45) is 0 Å². The Labute approximate surface area is 112 Å². The van der Waals surface area contributed by atoms with Crippen molar-refractivity contribution in [1.82, 2.24) is 0 Å². The highest BCUT2D eigenvalue weighted by atomic mass is 35.5. The molecule has 0 atom stereocenters. The Morgan fingerprint density at radius 2 is 1.50 bits per heavy atom. The van der Waals surface area contributed by atoms with Gasteiger partial charge in [0.25, 0.3) is 0 Å². The van der Waals surface area contributed by atoms with Gasteiger partial charge in [-0.2, -0.15) is 13.2 Å². The Morgan fingerprint density at radius 1 is 0.889 bits per heavy atom. The van der Waals surface area contributed by atoms with Gasteiger partial charge in [0.05, 0.1) is 10.6 Å². The Hall–Kier alpha value is -1.19. The smallest absolute Gasteiger partial charge is 0.166 e. The molecule has 0 aliphatic rings. The number of halogens is 5. The summed E-state index contributed by atoms with van der Waals surface area (Å²) in [4.78, 5) is 0. The summed E-state index contributed by atoms with van der Waals surface area (Å²) in [6.07, 6.45) is -4.52. The lowest BCUT2D eigenvalue weighted by Crippen LogP contribution is -2.06. The van der Waals surface area contributed by atoms with E-state index in [4.69, 9.17) is 23.2 Å². The molecule has 0 amide bonds. The minimum Gasteiger partial charge on any atom is -0.166 e. The Balaban J connectivity index is 2.67. The van der Waals surface area contributed by atoms with Gasteiger partial charge in [-0.1, -0.05) is 53.5 Å². The molecule has 2 aromatic carbocycles. The van der Waals surface area contributed by atoms with Gasteiger partial charge >= 0.3 is 6.18 Å². The van der Waals surface area contributed by atoms with Crippen LogP contribution in [0.25, 0.3) is 11.1 Å². The lowest BCUT2D eigenvalue weighted by molar-refractivity contribution is -0.137. The molecule has 0 aliphatic carbocycles. The van der Waals surface area contributed by atoms with E-state index in [0.717, 1.165) is 6.07 Å². The first kappa shape index (κ1) is 13.2. The molecule has 0 radical (unpaired) electrons. The molecule has 0 fully saturated rings. The molecule has 18 heavy (non-hydrogen) atoms. The Bertz CT molecular complexity index is 562. The number of benzene rings is 2. The van der Waals surface area contributed by atoms with Crippen LogP contribution in [0.5, 0.6) is 0 Å². The summed E-state index contributed by atoms with van der Waals surface area (Å²) < 4.78 is 38.3. The molecule has 2 aromatic rings. The summed E-state index contributed by atoms with van der Waals surface area (Å²) in [7, 11) is 0. The predicted octanol–water partition coefficient (Wildman–Crippen LogP) is 5.68. The van der Waals surface area contributed by atoms with Gasteiger partial charge in [-0.3, -0.25) is 0 Å². The van der Waals surface area contributed by atoms with Crippen molar-refractivity contribution in [3.63, 3.8) is 0 Å². The maximum atomic E-state index is 12.8. The molecule has 5 heteroatoms. The van der Waals surface area contributed by atoms with Gasteiger partial charge in [-0.25, -0.2) is 0 Å². The normalized spacial score (nSPS) is 11.6. The zero-order valence-electron chi connectivity index (χ0n) is 8.93. The van der Waals surface area contributed by atoms with Gasteiger partial charge < -0.3 is 0 Å². The maximum absolute atomic E-state index is 12.8. The summed E-state index contributed by atoms with van der Waals surface area (Å²) in [5.74, 6) is 0. The molecular formula is C13H7Cl2F3. The molecule has 0 aliphatic heterocycles. The third-order valence-electron chi connectivity index (χ3n) is 2.43. The second-order valence-electron chi connectivity index (χ2n) is 3.68. The van der Waals surface area contributed by atoms with Crippen LogP contribution < -0.4 is 0 Å². The first-order chi connectivity index (χ1) is 8.39. The van der Waals surface area contributed by atoms with E-state index in [-0.39, 0.29) is 15.6 Å². The zero-order valence-corrected chi connectivity index (χ0v) is 10.4. The van der Waals surface area contributed by atoms with Crippen molar-refractivity contribution in [3.8, 4) is 11.1 Å². The third kappa shape index (κ3) is 2.62. The number of hydrogen-bond acceptors (Lipinski definition) is 0. The molecule has 0 saturated heterocycles. The molecule has 94 valence electrons. The van der Waals surface area contributed by atoms with Crippen molar-refractivity contribution in [2.75, 3.05) is 0 Å². The first-order valence-corrected chi connectivity index (χ1v) is 5.77. The average Bonchev–Trinajstić information content (AvgIpc) is 2.31. The van der Waals surface area contributed by atoms with Crippen molar-refractivity contribution >= 4 is 23.2 Å². The molecule has 0 nitrogen and oxygen atoms in total. The van der Waals surface area contributed by atoms with Crippen LogP contribution in [0.15, 0.2) is 42.5 Å². The van der Waals surface area contributed by atoms with Gasteiger partial charge in [0.2, 0.25) is 0 Å². The van der Waals surface area contributed by atoms with E-state index in [2.05, 4.69) is 0 Å². The molecular weight excluding hydrogens is 284 g/mol. The van der Waals surface area contributed by atoms with E-state index in [1.807, 2.05) is 0 Å². The summed E-state index contributed by atoms with van der Waals surface area (Å²) in [6.45, 7) is 0. The molecule has 0 aromatic heterocycles. The van der Waals surface area contributed by atoms with Crippen molar-refractivity contribution < 1.29 is 13.2 Å². The molecule has 0 bridgehead atoms. The molecule has 0 N–H and O–H groups in total. The highest BCUT2D eigenvalue weighted by Gasteiger charge is 2.34. The molecule has 0 saturated carbocycles. The largest absolute Gasteiger partial charge is 0.417 e. The van der Waals surface area contributed by atoms with E-state index in [0.29, 0.717) is 5.56 Å². The minimum atomic E-state index is -4.52. The van der Waals surface area contributed by atoms with E-state index in [1.54, 1.807) is 30.3 Å². The van der Waals surface area contributed by atoms with Crippen LogP contribution in [0.2, 0.25) is 10.0 Å². The second kappa shape index (κ2) is 4.82. The van der Waals surface area contributed by atoms with Gasteiger partial charge in [-0.05, 0) is 17.7 Å². The van der Waals surface area contributed by atoms with Crippen molar-refractivity contribution in [1.29, 1.82) is 0 Å². The van der Waals surface area contributed by atoms with Crippen LogP contribution in [0.1, 0.15) is 5.56 Å². The average molecular weight is 291 g/mol. The number of alkyl halides is 3. The summed E-state index contributed by atoms with van der Waals surface area (Å²) in [5, 5.41) is -0.330. The molecule has 0 unspecified atom stereocenters. The van der Waals surface area contributed by atoms with Crippen LogP contribution >= 0.6 is 23.2 Å². The second-order valence-corrected chi connectivity index (χ2v) is 4.49. The quantitative estimate of drug-likeness (QED) is 0.634. The van der Waals surface area contributed by atoms with E-state index < -0.39 is 11.7 Å². The summed E-state index contributed by atoms with van der Waals surface area (Å²) >= 11 is 11.5. The topological polar surface area (TPSA) is 0 Å². The summed E-state index contributed by atoms with van der Waals surface area (Å²) in [6, 6.07) is 10.8. The number of rotatable bonds is 1. The fourth-order valence-electron chi connectivity index (χ4n) is 1.62.